The van der Waals surface area contributed by atoms with Gasteiger partial charge >= 0.3 is 0 Å². The lowest BCUT2D eigenvalue weighted by Gasteiger charge is -2.48. The molecular weight excluding hydrogens is 516 g/mol. The van der Waals surface area contributed by atoms with Crippen molar-refractivity contribution in [3.63, 3.8) is 0 Å². The molecule has 6 heterocycles. The minimum Gasteiger partial charge on any atom is -0.339 e. The molecule has 0 saturated carbocycles. The summed E-state index contributed by atoms with van der Waals surface area (Å²) in [5.74, 6) is 2.19. The van der Waals surface area contributed by atoms with Crippen LogP contribution in [0, 0.1) is 12.3 Å². The Balaban J connectivity index is 1.05. The summed E-state index contributed by atoms with van der Waals surface area (Å²) in [5, 5.41) is 14.5. The molecule has 5 aromatic rings. The van der Waals surface area contributed by atoms with E-state index in [1.807, 2.05) is 72.6 Å². The van der Waals surface area contributed by atoms with E-state index in [0.29, 0.717) is 40.1 Å². The number of benzene rings is 1. The highest BCUT2D eigenvalue weighted by atomic mass is 16.2. The van der Waals surface area contributed by atoms with Gasteiger partial charge in [0, 0.05) is 55.5 Å². The molecule has 0 bridgehead atoms. The lowest BCUT2D eigenvalue weighted by Crippen LogP contribution is -2.58. The second kappa shape index (κ2) is 10.3. The van der Waals surface area contributed by atoms with Crippen molar-refractivity contribution < 1.29 is 4.79 Å². The number of amides is 1. The first kappa shape index (κ1) is 25.1. The summed E-state index contributed by atoms with van der Waals surface area (Å²) in [7, 11) is 0. The number of likely N-dealkylation sites (tertiary alicyclic amines) is 1. The van der Waals surface area contributed by atoms with Crippen LogP contribution in [0.4, 0.5) is 23.3 Å². The zero-order valence-corrected chi connectivity index (χ0v) is 22.7. The van der Waals surface area contributed by atoms with Crippen molar-refractivity contribution in [3.05, 3.63) is 84.3 Å². The third kappa shape index (κ3) is 5.07. The highest BCUT2D eigenvalue weighted by Crippen LogP contribution is 2.35. The fourth-order valence-electron chi connectivity index (χ4n) is 5.44. The molecule has 2 aliphatic rings. The maximum Gasteiger partial charge on any atom is 0.253 e. The third-order valence-corrected chi connectivity index (χ3v) is 7.91. The Morgan fingerprint density at radius 2 is 1.76 bits per heavy atom. The standard InChI is InChI=1S/C30H30N10O/c1-20-4-2-5-23(33-20)26-37-27(24-6-3-15-40(24)38-26)35-25-11-14-32-29(36-25)34-22-9-7-21(8-10-22)28(41)39-16-12-30(13-17-39)18-31-19-30/h2-11,14-15,31H,12-13,16-19H2,1H3,(H2,32,34,35,36,37,38). The van der Waals surface area contributed by atoms with E-state index in [1.54, 1.807) is 16.8 Å². The number of nitrogens with one attached hydrogen (secondary N) is 3. The number of fused-ring (bicyclic) bond motifs is 1. The van der Waals surface area contributed by atoms with Crippen LogP contribution in [0.5, 0.6) is 0 Å². The van der Waals surface area contributed by atoms with Gasteiger partial charge in [-0.25, -0.2) is 19.5 Å². The van der Waals surface area contributed by atoms with Crippen molar-refractivity contribution in [2.45, 2.75) is 19.8 Å². The van der Waals surface area contributed by atoms with Crippen LogP contribution < -0.4 is 16.0 Å². The average Bonchev–Trinajstić information content (AvgIpc) is 3.46. The van der Waals surface area contributed by atoms with Gasteiger partial charge in [-0.1, -0.05) is 6.07 Å². The quantitative estimate of drug-likeness (QED) is 0.287. The van der Waals surface area contributed by atoms with Crippen LogP contribution in [0.3, 0.4) is 0 Å². The van der Waals surface area contributed by atoms with Crippen LogP contribution in [-0.2, 0) is 0 Å². The van der Waals surface area contributed by atoms with Crippen LogP contribution in [0.2, 0.25) is 0 Å². The molecule has 0 radical (unpaired) electrons. The van der Waals surface area contributed by atoms with E-state index in [2.05, 4.69) is 36.0 Å². The monoisotopic (exact) mass is 546 g/mol. The molecule has 206 valence electrons. The molecule has 11 nitrogen and oxygen atoms in total. The van der Waals surface area contributed by atoms with Crippen LogP contribution in [0.15, 0.2) is 73.1 Å². The number of carbonyl (C=O) groups is 1. The number of pyridine rings is 1. The van der Waals surface area contributed by atoms with Gasteiger partial charge in [-0.05, 0) is 79.8 Å². The highest BCUT2D eigenvalue weighted by Gasteiger charge is 2.40. The Hall–Kier alpha value is -4.90. The molecule has 3 N–H and O–H groups in total. The number of hydrogen-bond acceptors (Lipinski definition) is 9. The fourth-order valence-corrected chi connectivity index (χ4v) is 5.44. The van der Waals surface area contributed by atoms with E-state index >= 15 is 0 Å². The number of carbonyl (C=O) groups excluding carboxylic acids is 1. The van der Waals surface area contributed by atoms with Crippen LogP contribution in [0.25, 0.3) is 17.0 Å². The van der Waals surface area contributed by atoms with Gasteiger partial charge < -0.3 is 20.9 Å². The third-order valence-electron chi connectivity index (χ3n) is 7.91. The molecule has 0 atom stereocenters. The largest absolute Gasteiger partial charge is 0.339 e. The first-order chi connectivity index (χ1) is 20.0. The number of anilines is 4. The van der Waals surface area contributed by atoms with Gasteiger partial charge in [-0.2, -0.15) is 4.98 Å². The highest BCUT2D eigenvalue weighted by molar-refractivity contribution is 5.94. The molecule has 2 fully saturated rings. The zero-order valence-electron chi connectivity index (χ0n) is 22.7. The van der Waals surface area contributed by atoms with E-state index in [4.69, 9.17) is 4.98 Å². The summed E-state index contributed by atoms with van der Waals surface area (Å²) in [6, 6.07) is 18.9. The number of rotatable bonds is 6. The van der Waals surface area contributed by atoms with E-state index in [9.17, 15) is 4.79 Å². The summed E-state index contributed by atoms with van der Waals surface area (Å²) in [6.07, 6.45) is 5.69. The molecule has 41 heavy (non-hydrogen) atoms. The first-order valence-electron chi connectivity index (χ1n) is 13.8. The molecule has 1 aromatic carbocycles. The molecule has 2 aliphatic heterocycles. The molecule has 1 spiro atoms. The number of piperidine rings is 1. The second-order valence-corrected chi connectivity index (χ2v) is 10.8. The van der Waals surface area contributed by atoms with Crippen molar-refractivity contribution in [3.8, 4) is 11.5 Å². The second-order valence-electron chi connectivity index (χ2n) is 10.8. The Morgan fingerprint density at radius 3 is 2.51 bits per heavy atom. The lowest BCUT2D eigenvalue weighted by molar-refractivity contribution is 0.0415. The van der Waals surface area contributed by atoms with Crippen LogP contribution >= 0.6 is 0 Å². The van der Waals surface area contributed by atoms with Crippen molar-refractivity contribution in [1.29, 1.82) is 0 Å². The van der Waals surface area contributed by atoms with Gasteiger partial charge in [0.05, 0.1) is 0 Å². The van der Waals surface area contributed by atoms with Crippen molar-refractivity contribution in [2.24, 2.45) is 5.41 Å². The topological polar surface area (TPSA) is 125 Å². The maximum atomic E-state index is 13.1. The number of nitrogens with zero attached hydrogens (tertiary/aromatic N) is 7. The minimum absolute atomic E-state index is 0.0860. The molecular formula is C30H30N10O. The van der Waals surface area contributed by atoms with Crippen LogP contribution in [0.1, 0.15) is 28.9 Å². The summed E-state index contributed by atoms with van der Waals surface area (Å²) in [6.45, 7) is 5.73. The normalized spacial score (nSPS) is 16.0. The summed E-state index contributed by atoms with van der Waals surface area (Å²) >= 11 is 0. The molecule has 0 aliphatic carbocycles. The number of hydrogen-bond donors (Lipinski definition) is 3. The summed E-state index contributed by atoms with van der Waals surface area (Å²) in [4.78, 5) is 33.3. The summed E-state index contributed by atoms with van der Waals surface area (Å²) in [5.41, 5.74) is 4.28. The van der Waals surface area contributed by atoms with Crippen molar-refractivity contribution in [1.82, 2.24) is 39.8 Å². The zero-order chi connectivity index (χ0) is 27.8. The maximum absolute atomic E-state index is 13.1. The van der Waals surface area contributed by atoms with E-state index < -0.39 is 0 Å². The van der Waals surface area contributed by atoms with Gasteiger partial charge in [0.1, 0.15) is 17.0 Å². The van der Waals surface area contributed by atoms with Crippen molar-refractivity contribution >= 4 is 34.7 Å². The molecule has 0 unspecified atom stereocenters. The van der Waals surface area contributed by atoms with Gasteiger partial charge in [0.15, 0.2) is 5.82 Å². The minimum atomic E-state index is 0.0860. The van der Waals surface area contributed by atoms with Gasteiger partial charge in [-0.3, -0.25) is 4.79 Å². The van der Waals surface area contributed by atoms with E-state index in [-0.39, 0.29) is 5.91 Å². The van der Waals surface area contributed by atoms with Gasteiger partial charge in [0.2, 0.25) is 11.8 Å². The van der Waals surface area contributed by atoms with E-state index in [0.717, 1.165) is 55.9 Å². The van der Waals surface area contributed by atoms with Crippen molar-refractivity contribution in [2.75, 3.05) is 36.8 Å². The first-order valence-corrected chi connectivity index (χ1v) is 13.8. The Labute approximate surface area is 237 Å². The molecule has 4 aromatic heterocycles. The number of aryl methyl sites for hydroxylation is 1. The SMILES string of the molecule is Cc1cccc(-c2nc(Nc3ccnc(Nc4ccc(C(=O)N5CCC6(CC5)CNC6)cc4)n3)c3cccn3n2)n1. The van der Waals surface area contributed by atoms with Gasteiger partial charge in [0.25, 0.3) is 5.91 Å². The molecule has 7 rings (SSSR count). The lowest BCUT2D eigenvalue weighted by atomic mass is 9.73. The Morgan fingerprint density at radius 1 is 0.927 bits per heavy atom. The van der Waals surface area contributed by atoms with E-state index in [1.165, 1.54) is 0 Å². The summed E-state index contributed by atoms with van der Waals surface area (Å²) < 4.78 is 1.77. The fraction of sp³-hybridized carbons (Fsp3) is 0.267. The van der Waals surface area contributed by atoms with Gasteiger partial charge in [-0.15, -0.1) is 5.10 Å². The predicted octanol–water partition coefficient (Wildman–Crippen LogP) is 4.20. The predicted molar refractivity (Wildman–Crippen MR) is 156 cm³/mol. The molecule has 1 amide bonds. The Kier molecular flexibility index (Phi) is 6.27. The number of aromatic nitrogens is 6. The molecule has 11 heteroatoms. The smallest absolute Gasteiger partial charge is 0.253 e. The average molecular weight is 547 g/mol. The van der Waals surface area contributed by atoms with Crippen LogP contribution in [-0.4, -0.2) is 66.5 Å². The Bertz CT molecular complexity index is 1720. The molecule has 2 saturated heterocycles.